The van der Waals surface area contributed by atoms with Crippen LogP contribution in [0, 0.1) is 0 Å². The number of hydrogen-bond acceptors (Lipinski definition) is 3. The third-order valence-corrected chi connectivity index (χ3v) is 2.37. The van der Waals surface area contributed by atoms with Gasteiger partial charge in [0.1, 0.15) is 0 Å². The molecule has 0 heterocycles. The van der Waals surface area contributed by atoms with Gasteiger partial charge < -0.3 is 15.8 Å². The van der Waals surface area contributed by atoms with Gasteiger partial charge in [0.15, 0.2) is 0 Å². The van der Waals surface area contributed by atoms with Crippen LogP contribution in [0.4, 0.5) is 0 Å². The maximum absolute atomic E-state index is 10.8. The summed E-state index contributed by atoms with van der Waals surface area (Å²) >= 11 is 0. The van der Waals surface area contributed by atoms with E-state index in [9.17, 15) is 4.79 Å². The van der Waals surface area contributed by atoms with Crippen molar-refractivity contribution in [3.8, 4) is 0 Å². The number of rotatable bonds is 6. The van der Waals surface area contributed by atoms with E-state index in [1.807, 2.05) is 24.3 Å². The predicted molar refractivity (Wildman–Crippen MR) is 62.7 cm³/mol. The topological polar surface area (TPSA) is 64.3 Å². The molecule has 4 heteroatoms. The van der Waals surface area contributed by atoms with Gasteiger partial charge in [-0.2, -0.15) is 0 Å². The minimum Gasteiger partial charge on any atom is -0.380 e. The van der Waals surface area contributed by atoms with Gasteiger partial charge in [-0.05, 0) is 18.1 Å². The fourth-order valence-corrected chi connectivity index (χ4v) is 1.29. The summed E-state index contributed by atoms with van der Waals surface area (Å²) in [4.78, 5) is 10.8. The summed E-state index contributed by atoms with van der Waals surface area (Å²) in [6.07, 6.45) is 0. The van der Waals surface area contributed by atoms with Crippen LogP contribution in [-0.2, 0) is 22.7 Å². The summed E-state index contributed by atoms with van der Waals surface area (Å²) in [5, 5.41) is 3.04. The fourth-order valence-electron chi connectivity index (χ4n) is 1.29. The smallest absolute Gasteiger partial charge is 0.234 e. The van der Waals surface area contributed by atoms with E-state index >= 15 is 0 Å². The minimum atomic E-state index is -0.337. The lowest BCUT2D eigenvalue weighted by Gasteiger charge is -2.10. The van der Waals surface area contributed by atoms with Crippen molar-refractivity contribution in [2.24, 2.45) is 5.73 Å². The van der Waals surface area contributed by atoms with Crippen molar-refractivity contribution < 1.29 is 9.53 Å². The molecule has 1 amide bonds. The molecule has 0 unspecified atom stereocenters. The Morgan fingerprint density at radius 1 is 1.38 bits per heavy atom. The molecular weight excluding hydrogens is 204 g/mol. The molecule has 3 N–H and O–H groups in total. The zero-order valence-corrected chi connectivity index (χ0v) is 9.69. The van der Waals surface area contributed by atoms with Crippen molar-refractivity contribution in [1.29, 1.82) is 0 Å². The number of carbonyl (C=O) groups is 1. The highest BCUT2D eigenvalue weighted by Gasteiger charge is 2.06. The SMILES string of the molecule is COCc1ccc(CN[C@@H](C)C(N)=O)cc1. The lowest BCUT2D eigenvalue weighted by Crippen LogP contribution is -2.38. The van der Waals surface area contributed by atoms with Gasteiger partial charge in [-0.25, -0.2) is 0 Å². The quantitative estimate of drug-likeness (QED) is 0.748. The molecule has 0 radical (unpaired) electrons. The van der Waals surface area contributed by atoms with Crippen LogP contribution >= 0.6 is 0 Å². The zero-order chi connectivity index (χ0) is 12.0. The molecule has 88 valence electrons. The molecule has 0 spiro atoms. The molecule has 1 aromatic rings. The predicted octanol–water partition coefficient (Wildman–Crippen LogP) is 0.796. The number of benzene rings is 1. The van der Waals surface area contributed by atoms with Gasteiger partial charge in [-0.3, -0.25) is 4.79 Å². The Bertz CT molecular complexity index is 335. The first-order chi connectivity index (χ1) is 7.63. The van der Waals surface area contributed by atoms with Crippen molar-refractivity contribution in [2.45, 2.75) is 26.1 Å². The summed E-state index contributed by atoms with van der Waals surface area (Å²) in [6.45, 7) is 3.00. The highest BCUT2D eigenvalue weighted by atomic mass is 16.5. The molecule has 0 fully saturated rings. The summed E-state index contributed by atoms with van der Waals surface area (Å²) < 4.78 is 5.02. The average Bonchev–Trinajstić information content (AvgIpc) is 2.28. The molecule has 0 aliphatic heterocycles. The lowest BCUT2D eigenvalue weighted by atomic mass is 10.1. The average molecular weight is 222 g/mol. The number of carbonyl (C=O) groups excluding carboxylic acids is 1. The Balaban J connectivity index is 2.46. The van der Waals surface area contributed by atoms with E-state index in [-0.39, 0.29) is 11.9 Å². The second-order valence-corrected chi connectivity index (χ2v) is 3.75. The molecule has 0 saturated heterocycles. The first kappa shape index (κ1) is 12.7. The highest BCUT2D eigenvalue weighted by Crippen LogP contribution is 2.05. The van der Waals surface area contributed by atoms with Gasteiger partial charge >= 0.3 is 0 Å². The molecule has 0 aliphatic rings. The van der Waals surface area contributed by atoms with Crippen LogP contribution in [-0.4, -0.2) is 19.1 Å². The molecule has 0 bridgehead atoms. The van der Waals surface area contributed by atoms with Gasteiger partial charge in [0.2, 0.25) is 5.91 Å². The largest absolute Gasteiger partial charge is 0.380 e. The Labute approximate surface area is 95.8 Å². The van der Waals surface area contributed by atoms with Crippen molar-refractivity contribution in [3.05, 3.63) is 35.4 Å². The first-order valence-electron chi connectivity index (χ1n) is 5.23. The van der Waals surface area contributed by atoms with E-state index in [0.717, 1.165) is 11.1 Å². The third-order valence-electron chi connectivity index (χ3n) is 2.37. The van der Waals surface area contributed by atoms with Gasteiger partial charge in [0.05, 0.1) is 12.6 Å². The molecule has 4 nitrogen and oxygen atoms in total. The van der Waals surface area contributed by atoms with Crippen LogP contribution in [0.25, 0.3) is 0 Å². The van der Waals surface area contributed by atoms with Gasteiger partial charge in [-0.15, -0.1) is 0 Å². The molecule has 0 aromatic heterocycles. The molecule has 0 saturated carbocycles. The van der Waals surface area contributed by atoms with Crippen molar-refractivity contribution in [3.63, 3.8) is 0 Å². The Morgan fingerprint density at radius 2 is 1.94 bits per heavy atom. The standard InChI is InChI=1S/C12H18N2O2/c1-9(12(13)15)14-7-10-3-5-11(6-4-10)8-16-2/h3-6,9,14H,7-8H2,1-2H3,(H2,13,15)/t9-/m0/s1. The monoisotopic (exact) mass is 222 g/mol. The van der Waals surface area contributed by atoms with Crippen molar-refractivity contribution >= 4 is 5.91 Å². The summed E-state index contributed by atoms with van der Waals surface area (Å²) in [7, 11) is 1.67. The number of amides is 1. The number of nitrogens with one attached hydrogen (secondary N) is 1. The maximum atomic E-state index is 10.8. The first-order valence-corrected chi connectivity index (χ1v) is 5.23. The molecule has 1 rings (SSSR count). The van der Waals surface area contributed by atoms with Gasteiger partial charge in [-0.1, -0.05) is 24.3 Å². The summed E-state index contributed by atoms with van der Waals surface area (Å²) in [5.41, 5.74) is 7.40. The molecule has 1 atom stereocenters. The number of hydrogen-bond donors (Lipinski definition) is 2. The van der Waals surface area contributed by atoms with Crippen molar-refractivity contribution in [1.82, 2.24) is 5.32 Å². The van der Waals surface area contributed by atoms with E-state index in [1.165, 1.54) is 0 Å². The van der Waals surface area contributed by atoms with E-state index < -0.39 is 0 Å². The number of ether oxygens (including phenoxy) is 1. The second kappa shape index (κ2) is 6.25. The Hall–Kier alpha value is -1.39. The number of methoxy groups -OCH3 is 1. The lowest BCUT2D eigenvalue weighted by molar-refractivity contribution is -0.119. The highest BCUT2D eigenvalue weighted by molar-refractivity contribution is 5.79. The van der Waals surface area contributed by atoms with Crippen LogP contribution in [0.1, 0.15) is 18.1 Å². The Kier molecular flexibility index (Phi) is 4.95. The maximum Gasteiger partial charge on any atom is 0.234 e. The molecular formula is C12H18N2O2. The van der Waals surface area contributed by atoms with Crippen molar-refractivity contribution in [2.75, 3.05) is 7.11 Å². The minimum absolute atomic E-state index is 0.307. The van der Waals surface area contributed by atoms with Crippen LogP contribution < -0.4 is 11.1 Å². The van der Waals surface area contributed by atoms with E-state index in [1.54, 1.807) is 14.0 Å². The number of nitrogens with two attached hydrogens (primary N) is 1. The van der Waals surface area contributed by atoms with Crippen LogP contribution in [0.2, 0.25) is 0 Å². The summed E-state index contributed by atoms with van der Waals surface area (Å²) in [6, 6.07) is 7.73. The van der Waals surface area contributed by atoms with Gasteiger partial charge in [0, 0.05) is 13.7 Å². The normalized spacial score (nSPS) is 12.4. The van der Waals surface area contributed by atoms with Gasteiger partial charge in [0.25, 0.3) is 0 Å². The molecule has 1 aromatic carbocycles. The van der Waals surface area contributed by atoms with Crippen LogP contribution in [0.15, 0.2) is 24.3 Å². The summed E-state index contributed by atoms with van der Waals surface area (Å²) in [5.74, 6) is -0.337. The zero-order valence-electron chi connectivity index (χ0n) is 9.69. The Morgan fingerprint density at radius 3 is 2.44 bits per heavy atom. The van der Waals surface area contributed by atoms with E-state index in [0.29, 0.717) is 13.2 Å². The van der Waals surface area contributed by atoms with Crippen LogP contribution in [0.3, 0.4) is 0 Å². The van der Waals surface area contributed by atoms with E-state index in [4.69, 9.17) is 10.5 Å². The number of primary amides is 1. The third kappa shape index (κ3) is 4.00. The second-order valence-electron chi connectivity index (χ2n) is 3.75. The fraction of sp³-hybridized carbons (Fsp3) is 0.417. The van der Waals surface area contributed by atoms with Crippen LogP contribution in [0.5, 0.6) is 0 Å². The molecule has 0 aliphatic carbocycles. The molecule has 16 heavy (non-hydrogen) atoms. The van der Waals surface area contributed by atoms with E-state index in [2.05, 4.69) is 5.32 Å².